The first-order valence-electron chi connectivity index (χ1n) is 7.65. The number of hydrogen-bond donors (Lipinski definition) is 3. The van der Waals surface area contributed by atoms with Crippen LogP contribution in [-0.4, -0.2) is 24.9 Å². The highest BCUT2D eigenvalue weighted by molar-refractivity contribution is 6.39. The van der Waals surface area contributed by atoms with Crippen LogP contribution in [0, 0.1) is 5.82 Å². The maximum Gasteiger partial charge on any atom is 0.255 e. The Kier molecular flexibility index (Phi) is 6.45. The van der Waals surface area contributed by atoms with Crippen LogP contribution in [0.25, 0.3) is 5.57 Å². The van der Waals surface area contributed by atoms with Crippen LogP contribution in [0.15, 0.2) is 17.3 Å². The summed E-state index contributed by atoms with van der Waals surface area (Å²) in [5.74, 6) is -1.45. The van der Waals surface area contributed by atoms with Gasteiger partial charge in [0, 0.05) is 25.1 Å². The predicted molar refractivity (Wildman–Crippen MR) is 93.4 cm³/mol. The van der Waals surface area contributed by atoms with E-state index in [-0.39, 0.29) is 39.3 Å². The molecule has 0 bridgehead atoms. The summed E-state index contributed by atoms with van der Waals surface area (Å²) in [4.78, 5) is 24.0. The number of amides is 2. The maximum absolute atomic E-state index is 14.4. The number of carbonyl (C=O) groups is 2. The third kappa shape index (κ3) is 4.39. The SMILES string of the molecule is CCC(=O)Nc1cc(/C2=C(\Cl)NCCCCNC2=O)c(F)cc1Cl. The van der Waals surface area contributed by atoms with Gasteiger partial charge in [0.2, 0.25) is 5.91 Å². The van der Waals surface area contributed by atoms with Crippen molar-refractivity contribution in [3.8, 4) is 0 Å². The van der Waals surface area contributed by atoms with Gasteiger partial charge in [0.25, 0.3) is 5.91 Å². The van der Waals surface area contributed by atoms with Gasteiger partial charge in [-0.15, -0.1) is 0 Å². The molecular weight excluding hydrogens is 356 g/mol. The first-order valence-corrected chi connectivity index (χ1v) is 8.40. The van der Waals surface area contributed by atoms with Crippen molar-refractivity contribution in [2.45, 2.75) is 26.2 Å². The molecule has 0 radical (unpaired) electrons. The molecule has 0 saturated heterocycles. The van der Waals surface area contributed by atoms with Crippen molar-refractivity contribution in [3.63, 3.8) is 0 Å². The zero-order chi connectivity index (χ0) is 17.7. The van der Waals surface area contributed by atoms with E-state index in [1.807, 2.05) is 0 Å². The summed E-state index contributed by atoms with van der Waals surface area (Å²) >= 11 is 12.2. The molecule has 0 fully saturated rings. The van der Waals surface area contributed by atoms with Crippen molar-refractivity contribution in [1.82, 2.24) is 10.6 Å². The molecule has 5 nitrogen and oxygen atoms in total. The molecule has 0 spiro atoms. The third-order valence-electron chi connectivity index (χ3n) is 3.54. The first-order chi connectivity index (χ1) is 11.4. The summed E-state index contributed by atoms with van der Waals surface area (Å²) in [7, 11) is 0. The maximum atomic E-state index is 14.4. The van der Waals surface area contributed by atoms with Crippen LogP contribution in [0.4, 0.5) is 10.1 Å². The Morgan fingerprint density at radius 3 is 2.58 bits per heavy atom. The second-order valence-electron chi connectivity index (χ2n) is 5.29. The van der Waals surface area contributed by atoms with Gasteiger partial charge in [-0.2, -0.15) is 0 Å². The molecule has 24 heavy (non-hydrogen) atoms. The summed E-state index contributed by atoms with van der Waals surface area (Å²) in [5, 5.41) is 8.31. The van der Waals surface area contributed by atoms with Crippen LogP contribution in [0.1, 0.15) is 31.7 Å². The van der Waals surface area contributed by atoms with Crippen molar-refractivity contribution in [2.24, 2.45) is 0 Å². The van der Waals surface area contributed by atoms with Gasteiger partial charge >= 0.3 is 0 Å². The second kappa shape index (κ2) is 8.35. The van der Waals surface area contributed by atoms with E-state index in [1.54, 1.807) is 6.92 Å². The molecule has 2 amide bonds. The van der Waals surface area contributed by atoms with Crippen molar-refractivity contribution < 1.29 is 14.0 Å². The summed E-state index contributed by atoms with van der Waals surface area (Å²) in [6.07, 6.45) is 1.86. The molecule has 1 aliphatic rings. The summed E-state index contributed by atoms with van der Waals surface area (Å²) in [5.41, 5.74) is 0.187. The van der Waals surface area contributed by atoms with E-state index < -0.39 is 11.7 Å². The normalized spacial score (nSPS) is 18.8. The largest absolute Gasteiger partial charge is 0.375 e. The average Bonchev–Trinajstić information content (AvgIpc) is 2.61. The van der Waals surface area contributed by atoms with Gasteiger partial charge in [0.1, 0.15) is 11.0 Å². The zero-order valence-electron chi connectivity index (χ0n) is 13.1. The average molecular weight is 374 g/mol. The van der Waals surface area contributed by atoms with E-state index in [4.69, 9.17) is 23.2 Å². The molecule has 0 aliphatic carbocycles. The summed E-state index contributed by atoms with van der Waals surface area (Å²) in [6.45, 7) is 2.73. The number of rotatable bonds is 3. The minimum absolute atomic E-state index is 0.0141. The molecule has 0 atom stereocenters. The first kappa shape index (κ1) is 18.5. The third-order valence-corrected chi connectivity index (χ3v) is 4.17. The molecular formula is C16H18Cl2FN3O2. The second-order valence-corrected chi connectivity index (χ2v) is 6.08. The van der Waals surface area contributed by atoms with Gasteiger partial charge in [0.15, 0.2) is 0 Å². The zero-order valence-corrected chi connectivity index (χ0v) is 14.7. The predicted octanol–water partition coefficient (Wildman–Crippen LogP) is 3.23. The van der Waals surface area contributed by atoms with E-state index in [1.165, 1.54) is 6.07 Å². The minimum Gasteiger partial charge on any atom is -0.375 e. The van der Waals surface area contributed by atoms with Crippen LogP contribution in [-0.2, 0) is 9.59 Å². The lowest BCUT2D eigenvalue weighted by molar-refractivity contribution is -0.116. The highest BCUT2D eigenvalue weighted by atomic mass is 35.5. The Hall–Kier alpha value is -1.79. The van der Waals surface area contributed by atoms with Crippen LogP contribution in [0.2, 0.25) is 5.02 Å². The fraction of sp³-hybridized carbons (Fsp3) is 0.375. The van der Waals surface area contributed by atoms with E-state index in [9.17, 15) is 14.0 Å². The molecule has 0 unspecified atom stereocenters. The molecule has 1 heterocycles. The van der Waals surface area contributed by atoms with Gasteiger partial charge in [-0.25, -0.2) is 4.39 Å². The smallest absolute Gasteiger partial charge is 0.255 e. The number of nitrogens with one attached hydrogen (secondary N) is 3. The summed E-state index contributed by atoms with van der Waals surface area (Å²) in [6, 6.07) is 2.38. The van der Waals surface area contributed by atoms with Crippen LogP contribution >= 0.6 is 23.2 Å². The lowest BCUT2D eigenvalue weighted by atomic mass is 10.0. The lowest BCUT2D eigenvalue weighted by Gasteiger charge is -2.14. The Morgan fingerprint density at radius 1 is 1.25 bits per heavy atom. The van der Waals surface area contributed by atoms with Gasteiger partial charge in [-0.1, -0.05) is 30.1 Å². The minimum atomic E-state index is -0.696. The van der Waals surface area contributed by atoms with E-state index in [2.05, 4.69) is 16.0 Å². The van der Waals surface area contributed by atoms with Crippen molar-refractivity contribution >= 4 is 46.3 Å². The Labute approximate surface area is 149 Å². The fourth-order valence-corrected chi connectivity index (χ4v) is 2.72. The molecule has 0 saturated carbocycles. The number of halogens is 3. The van der Waals surface area contributed by atoms with Gasteiger partial charge < -0.3 is 16.0 Å². The monoisotopic (exact) mass is 373 g/mol. The van der Waals surface area contributed by atoms with Crippen molar-refractivity contribution in [2.75, 3.05) is 18.4 Å². The quantitative estimate of drug-likeness (QED) is 0.712. The fourth-order valence-electron chi connectivity index (χ4n) is 2.24. The van der Waals surface area contributed by atoms with E-state index in [0.717, 1.165) is 18.9 Å². The summed E-state index contributed by atoms with van der Waals surface area (Å²) < 4.78 is 14.4. The standard InChI is InChI=1S/C16H18Cl2FN3O2/c1-2-13(23)22-12-7-9(11(19)8-10(12)17)14-15(18)20-5-3-4-6-21-16(14)24/h7-8,20H,2-6H2,1H3,(H,21,24)(H,22,23)/b15-14-. The highest BCUT2D eigenvalue weighted by Crippen LogP contribution is 2.31. The van der Waals surface area contributed by atoms with Crippen molar-refractivity contribution in [1.29, 1.82) is 0 Å². The van der Waals surface area contributed by atoms with E-state index >= 15 is 0 Å². The molecule has 8 heteroatoms. The van der Waals surface area contributed by atoms with Crippen LogP contribution in [0.3, 0.4) is 0 Å². The molecule has 1 aromatic carbocycles. The van der Waals surface area contributed by atoms with Crippen molar-refractivity contribution in [3.05, 3.63) is 33.7 Å². The molecule has 0 aromatic heterocycles. The van der Waals surface area contributed by atoms with E-state index in [0.29, 0.717) is 13.1 Å². The molecule has 3 N–H and O–H groups in total. The number of anilines is 1. The lowest BCUT2D eigenvalue weighted by Crippen LogP contribution is -2.26. The molecule has 2 rings (SSSR count). The Morgan fingerprint density at radius 2 is 1.92 bits per heavy atom. The molecule has 1 aromatic rings. The van der Waals surface area contributed by atoms with Gasteiger partial charge in [0.05, 0.1) is 16.3 Å². The Bertz CT molecular complexity index is 692. The Balaban J connectivity index is 2.50. The number of hydrogen-bond acceptors (Lipinski definition) is 3. The highest BCUT2D eigenvalue weighted by Gasteiger charge is 2.23. The molecule has 1 aliphatic heterocycles. The topological polar surface area (TPSA) is 70.2 Å². The van der Waals surface area contributed by atoms with Gasteiger partial charge in [-0.3, -0.25) is 9.59 Å². The number of benzene rings is 1. The van der Waals surface area contributed by atoms with Gasteiger partial charge in [-0.05, 0) is 25.0 Å². The number of carbonyl (C=O) groups excluding carboxylic acids is 2. The van der Waals surface area contributed by atoms with Crippen LogP contribution < -0.4 is 16.0 Å². The molecule has 130 valence electrons. The van der Waals surface area contributed by atoms with Crippen LogP contribution in [0.5, 0.6) is 0 Å².